The van der Waals surface area contributed by atoms with E-state index in [-0.39, 0.29) is 28.7 Å². The maximum atomic E-state index is 14.9. The lowest BCUT2D eigenvalue weighted by Gasteiger charge is -2.41. The summed E-state index contributed by atoms with van der Waals surface area (Å²) in [4.78, 5) is 17.6. The molecule has 3 aromatic heterocycles. The van der Waals surface area contributed by atoms with Crippen LogP contribution in [0.3, 0.4) is 0 Å². The number of carbonyl (C=O) groups is 1. The Hall–Kier alpha value is -3.92. The molecule has 1 aliphatic rings. The predicted octanol–water partition coefficient (Wildman–Crippen LogP) is 4.70. The molecule has 0 bridgehead atoms. The van der Waals surface area contributed by atoms with E-state index in [4.69, 9.17) is 14.9 Å². The number of nitrogens with one attached hydrogen (secondary N) is 2. The third kappa shape index (κ3) is 5.12. The number of aromatic amines is 1. The smallest absolute Gasteiger partial charge is 0.290 e. The summed E-state index contributed by atoms with van der Waals surface area (Å²) >= 11 is 0. The molecule has 0 aliphatic carbocycles. The van der Waals surface area contributed by atoms with Crippen LogP contribution in [0.25, 0.3) is 33.7 Å². The van der Waals surface area contributed by atoms with Crippen molar-refractivity contribution >= 4 is 17.8 Å². The van der Waals surface area contributed by atoms with Crippen molar-refractivity contribution in [1.29, 1.82) is 0 Å². The van der Waals surface area contributed by atoms with Crippen LogP contribution in [0.5, 0.6) is 0 Å². The van der Waals surface area contributed by atoms with E-state index in [0.29, 0.717) is 17.0 Å². The van der Waals surface area contributed by atoms with E-state index >= 15 is 0 Å². The van der Waals surface area contributed by atoms with Crippen LogP contribution < -0.4 is 5.32 Å². The number of benzene rings is 1. The molecule has 1 aromatic carbocycles. The molecule has 0 unspecified atom stereocenters. The monoisotopic (exact) mass is 480 g/mol. The van der Waals surface area contributed by atoms with Gasteiger partial charge in [-0.1, -0.05) is 6.08 Å². The fourth-order valence-electron chi connectivity index (χ4n) is 4.62. The zero-order valence-electron chi connectivity index (χ0n) is 19.8. The van der Waals surface area contributed by atoms with Gasteiger partial charge in [-0.05, 0) is 57.9 Å². The van der Waals surface area contributed by atoms with Gasteiger partial charge in [0.15, 0.2) is 0 Å². The van der Waals surface area contributed by atoms with Gasteiger partial charge in [-0.2, -0.15) is 5.10 Å². The molecule has 35 heavy (non-hydrogen) atoms. The molecule has 4 aromatic rings. The average Bonchev–Trinajstić information content (AvgIpc) is 3.42. The lowest BCUT2D eigenvalue weighted by atomic mass is 9.82. The van der Waals surface area contributed by atoms with Gasteiger partial charge in [0.2, 0.25) is 5.78 Å². The maximum absolute atomic E-state index is 14.9. The Morgan fingerprint density at radius 1 is 1.09 bits per heavy atom. The highest BCUT2D eigenvalue weighted by molar-refractivity contribution is 5.71. The van der Waals surface area contributed by atoms with E-state index in [9.17, 15) is 8.78 Å². The van der Waals surface area contributed by atoms with Gasteiger partial charge in [0.25, 0.3) is 6.47 Å². The highest BCUT2D eigenvalue weighted by Crippen LogP contribution is 2.34. The average molecular weight is 481 g/mol. The molecule has 5 rings (SSSR count). The first-order valence-electron chi connectivity index (χ1n) is 11.0. The first-order chi connectivity index (χ1) is 16.5. The van der Waals surface area contributed by atoms with Crippen LogP contribution in [0.2, 0.25) is 0 Å². The molecular weight excluding hydrogens is 454 g/mol. The lowest BCUT2D eigenvalue weighted by molar-refractivity contribution is -0.122. The van der Waals surface area contributed by atoms with E-state index < -0.39 is 11.6 Å². The second kappa shape index (κ2) is 9.03. The van der Waals surface area contributed by atoms with E-state index in [1.54, 1.807) is 10.6 Å². The summed E-state index contributed by atoms with van der Waals surface area (Å²) in [5.41, 5.74) is 2.77. The van der Waals surface area contributed by atoms with Gasteiger partial charge >= 0.3 is 0 Å². The van der Waals surface area contributed by atoms with E-state index in [2.05, 4.69) is 54.3 Å². The van der Waals surface area contributed by atoms with Crippen molar-refractivity contribution in [3.63, 3.8) is 0 Å². The summed E-state index contributed by atoms with van der Waals surface area (Å²) in [6.07, 6.45) is 9.49. The minimum atomic E-state index is -0.559. The van der Waals surface area contributed by atoms with Crippen molar-refractivity contribution < 1.29 is 18.7 Å². The minimum Gasteiger partial charge on any atom is -0.483 e. The zero-order chi connectivity index (χ0) is 25.4. The molecule has 4 heterocycles. The van der Waals surface area contributed by atoms with Gasteiger partial charge in [-0.3, -0.25) is 14.3 Å². The molecule has 0 saturated carbocycles. The molecule has 0 saturated heterocycles. The van der Waals surface area contributed by atoms with Crippen LogP contribution in [0.4, 0.5) is 8.78 Å². The molecule has 0 atom stereocenters. The zero-order valence-corrected chi connectivity index (χ0v) is 19.8. The summed E-state index contributed by atoms with van der Waals surface area (Å²) in [5.74, 6) is -0.667. The standard InChI is InChI=1S/C24H24F2N6.CH2O2/c1-23(2)9-14(10-24(3,4)31-23)20-5-6-32-13-21(30-22(32)29-20)17-8-18(25)16(7-19(17)26)15-11-27-28-12-15;2-1-3/h5-9,11-13,31H,10H2,1-4H3,(H,27,28);1H,(H,2,3). The number of nitrogens with zero attached hydrogens (tertiary/aromatic N) is 4. The van der Waals surface area contributed by atoms with Gasteiger partial charge < -0.3 is 10.4 Å². The Morgan fingerprint density at radius 2 is 1.74 bits per heavy atom. The van der Waals surface area contributed by atoms with Crippen LogP contribution in [-0.2, 0) is 4.79 Å². The third-order valence-electron chi connectivity index (χ3n) is 5.63. The number of hydrogen-bond donors (Lipinski definition) is 3. The normalized spacial score (nSPS) is 16.3. The van der Waals surface area contributed by atoms with Gasteiger partial charge in [0.1, 0.15) is 11.6 Å². The molecule has 8 nitrogen and oxygen atoms in total. The number of aromatic nitrogens is 5. The Labute approximate surface area is 200 Å². The number of fused-ring (bicyclic) bond motifs is 1. The summed E-state index contributed by atoms with van der Waals surface area (Å²) in [6, 6.07) is 4.27. The molecule has 0 amide bonds. The number of rotatable bonds is 3. The van der Waals surface area contributed by atoms with E-state index in [0.717, 1.165) is 17.7 Å². The quantitative estimate of drug-likeness (QED) is 0.367. The van der Waals surface area contributed by atoms with Gasteiger partial charge in [-0.15, -0.1) is 0 Å². The Kier molecular flexibility index (Phi) is 6.25. The minimum absolute atomic E-state index is 0.0701. The van der Waals surface area contributed by atoms with Crippen LogP contribution >= 0.6 is 0 Å². The molecule has 0 spiro atoms. The first kappa shape index (κ1) is 24.2. The molecule has 1 aliphatic heterocycles. The summed E-state index contributed by atoms with van der Waals surface area (Å²) < 4.78 is 31.3. The number of H-pyrrole nitrogens is 1. The van der Waals surface area contributed by atoms with Gasteiger partial charge in [-0.25, -0.2) is 18.7 Å². The largest absolute Gasteiger partial charge is 0.483 e. The van der Waals surface area contributed by atoms with Crippen molar-refractivity contribution in [2.75, 3.05) is 0 Å². The van der Waals surface area contributed by atoms with Crippen molar-refractivity contribution in [3.05, 3.63) is 66.4 Å². The number of carboxylic acid groups (broad SMARTS) is 1. The number of imidazole rings is 1. The predicted molar refractivity (Wildman–Crippen MR) is 129 cm³/mol. The molecule has 0 radical (unpaired) electrons. The van der Waals surface area contributed by atoms with Gasteiger partial charge in [0.05, 0.1) is 17.6 Å². The second-order valence-corrected chi connectivity index (χ2v) is 9.63. The third-order valence-corrected chi connectivity index (χ3v) is 5.63. The Morgan fingerprint density at radius 3 is 2.40 bits per heavy atom. The van der Waals surface area contributed by atoms with E-state index in [1.165, 1.54) is 24.5 Å². The topological polar surface area (TPSA) is 108 Å². The summed E-state index contributed by atoms with van der Waals surface area (Å²) in [6.45, 7) is 8.34. The lowest BCUT2D eigenvalue weighted by Crippen LogP contribution is -2.53. The van der Waals surface area contributed by atoms with Crippen molar-refractivity contribution in [3.8, 4) is 22.4 Å². The summed E-state index contributed by atoms with van der Waals surface area (Å²) in [7, 11) is 0. The Bertz CT molecular complexity index is 1410. The SMILES string of the molecule is CC1(C)C=C(c2ccn3cc(-c4cc(F)c(-c5cn[nH]c5)cc4F)nc3n2)CC(C)(C)N1.O=CO. The van der Waals surface area contributed by atoms with Crippen molar-refractivity contribution in [1.82, 2.24) is 29.9 Å². The highest BCUT2D eigenvalue weighted by atomic mass is 19.1. The first-order valence-corrected chi connectivity index (χ1v) is 11.0. The Balaban J connectivity index is 0.000000917. The second-order valence-electron chi connectivity index (χ2n) is 9.63. The van der Waals surface area contributed by atoms with Crippen LogP contribution in [-0.4, -0.2) is 47.2 Å². The van der Waals surface area contributed by atoms with Crippen LogP contribution in [0.1, 0.15) is 39.8 Å². The molecule has 10 heteroatoms. The van der Waals surface area contributed by atoms with Gasteiger partial charge in [0, 0.05) is 46.4 Å². The molecule has 3 N–H and O–H groups in total. The maximum Gasteiger partial charge on any atom is 0.290 e. The molecule has 182 valence electrons. The number of hydrogen-bond acceptors (Lipinski definition) is 5. The molecular formula is C25H26F2N6O2. The summed E-state index contributed by atoms with van der Waals surface area (Å²) in [5, 5.41) is 16.9. The van der Waals surface area contributed by atoms with Crippen LogP contribution in [0.15, 0.2) is 49.1 Å². The van der Waals surface area contributed by atoms with E-state index in [1.807, 2.05) is 12.3 Å². The molecule has 0 fully saturated rings. The fraction of sp³-hybridized carbons (Fsp3) is 0.280. The van der Waals surface area contributed by atoms with Crippen molar-refractivity contribution in [2.45, 2.75) is 45.2 Å². The van der Waals surface area contributed by atoms with Crippen LogP contribution in [0, 0.1) is 11.6 Å². The number of halogens is 2. The highest BCUT2D eigenvalue weighted by Gasteiger charge is 2.33. The van der Waals surface area contributed by atoms with Crippen molar-refractivity contribution in [2.24, 2.45) is 0 Å². The fourth-order valence-corrected chi connectivity index (χ4v) is 4.62.